The molecule has 0 unspecified atom stereocenters. The largest absolute Gasteiger partial charge is 0.324 e. The van der Waals surface area contributed by atoms with Crippen molar-refractivity contribution in [3.8, 4) is 0 Å². The van der Waals surface area contributed by atoms with E-state index in [4.69, 9.17) is 11.6 Å². The molecule has 2 fully saturated rings. The van der Waals surface area contributed by atoms with Crippen molar-refractivity contribution in [3.05, 3.63) is 39.3 Å². The number of likely N-dealkylation sites (tertiary alicyclic amines) is 1. The Kier molecular flexibility index (Phi) is 4.00. The molecule has 2 bridgehead atoms. The van der Waals surface area contributed by atoms with Gasteiger partial charge in [0.25, 0.3) is 0 Å². The van der Waals surface area contributed by atoms with Gasteiger partial charge in [0.1, 0.15) is 6.54 Å². The molecule has 3 amide bonds. The van der Waals surface area contributed by atoms with Crippen molar-refractivity contribution in [2.75, 3.05) is 11.9 Å². The molecular weight excluding hydrogens is 408 g/mol. The Bertz CT molecular complexity index is 808. The van der Waals surface area contributed by atoms with Crippen LogP contribution in [0.3, 0.4) is 0 Å². The van der Waals surface area contributed by atoms with Gasteiger partial charge in [-0.2, -0.15) is 0 Å². The maximum Gasteiger partial charge on any atom is 0.244 e. The van der Waals surface area contributed by atoms with E-state index in [9.17, 15) is 14.4 Å². The first-order chi connectivity index (χ1) is 11.9. The van der Waals surface area contributed by atoms with E-state index in [0.29, 0.717) is 10.7 Å². The second kappa shape index (κ2) is 5.95. The van der Waals surface area contributed by atoms with Crippen LogP contribution in [0.25, 0.3) is 0 Å². The third kappa shape index (κ3) is 2.62. The number of benzene rings is 1. The minimum atomic E-state index is -0.400. The third-order valence-corrected chi connectivity index (χ3v) is 6.60. The van der Waals surface area contributed by atoms with E-state index in [2.05, 4.69) is 21.2 Å². The predicted octanol–water partition coefficient (Wildman–Crippen LogP) is 3.16. The summed E-state index contributed by atoms with van der Waals surface area (Å²) >= 11 is 9.40. The second-order valence-electron chi connectivity index (χ2n) is 6.89. The number of halogens is 2. The molecule has 1 aliphatic heterocycles. The minimum Gasteiger partial charge on any atom is -0.324 e. The summed E-state index contributed by atoms with van der Waals surface area (Å²) in [6.45, 7) is 1.59. The average Bonchev–Trinajstić information content (AvgIpc) is 3.22. The van der Waals surface area contributed by atoms with Gasteiger partial charge in [-0.15, -0.1) is 0 Å². The smallest absolute Gasteiger partial charge is 0.244 e. The summed E-state index contributed by atoms with van der Waals surface area (Å²) in [6, 6.07) is 3.45. The molecule has 1 saturated carbocycles. The minimum absolute atomic E-state index is 0.145. The van der Waals surface area contributed by atoms with Crippen LogP contribution < -0.4 is 5.32 Å². The average molecular weight is 424 g/mol. The summed E-state index contributed by atoms with van der Waals surface area (Å²) in [7, 11) is 0. The summed E-state index contributed by atoms with van der Waals surface area (Å²) in [5.74, 6) is -1.10. The number of carbonyl (C=O) groups is 3. The molecule has 1 heterocycles. The van der Waals surface area contributed by atoms with Crippen molar-refractivity contribution in [1.82, 2.24) is 4.90 Å². The summed E-state index contributed by atoms with van der Waals surface area (Å²) in [5, 5.41) is 3.22. The monoisotopic (exact) mass is 422 g/mol. The Morgan fingerprint density at radius 2 is 1.84 bits per heavy atom. The molecule has 1 saturated heterocycles. The van der Waals surface area contributed by atoms with Crippen LogP contribution in [0.1, 0.15) is 12.0 Å². The lowest BCUT2D eigenvalue weighted by atomic mass is 9.85. The van der Waals surface area contributed by atoms with Crippen LogP contribution in [0.5, 0.6) is 0 Å². The van der Waals surface area contributed by atoms with Crippen molar-refractivity contribution >= 4 is 50.9 Å². The lowest BCUT2D eigenvalue weighted by molar-refractivity contribution is -0.143. The highest BCUT2D eigenvalue weighted by Crippen LogP contribution is 2.52. The fourth-order valence-corrected chi connectivity index (χ4v) is 4.86. The van der Waals surface area contributed by atoms with Gasteiger partial charge >= 0.3 is 0 Å². The molecule has 130 valence electrons. The first-order valence-electron chi connectivity index (χ1n) is 8.16. The number of aryl methyl sites for hydroxylation is 1. The summed E-state index contributed by atoms with van der Waals surface area (Å²) in [4.78, 5) is 38.7. The zero-order valence-electron chi connectivity index (χ0n) is 13.5. The number of nitrogens with one attached hydrogen (secondary N) is 1. The van der Waals surface area contributed by atoms with Gasteiger partial charge in [0.15, 0.2) is 0 Å². The van der Waals surface area contributed by atoms with Crippen LogP contribution in [0, 0.1) is 30.6 Å². The molecule has 5 nitrogen and oxygen atoms in total. The van der Waals surface area contributed by atoms with E-state index < -0.39 is 5.91 Å². The predicted molar refractivity (Wildman–Crippen MR) is 97.0 cm³/mol. The Morgan fingerprint density at radius 1 is 1.24 bits per heavy atom. The summed E-state index contributed by atoms with van der Waals surface area (Å²) in [6.07, 6.45) is 4.95. The first kappa shape index (κ1) is 16.8. The number of nitrogens with zero attached hydrogens (tertiary/aromatic N) is 1. The number of rotatable bonds is 3. The maximum absolute atomic E-state index is 12.6. The summed E-state index contributed by atoms with van der Waals surface area (Å²) < 4.78 is 0.741. The van der Waals surface area contributed by atoms with E-state index >= 15 is 0 Å². The molecule has 0 aromatic heterocycles. The highest BCUT2D eigenvalue weighted by Gasteiger charge is 2.59. The van der Waals surface area contributed by atoms with Crippen LogP contribution >= 0.6 is 27.5 Å². The van der Waals surface area contributed by atoms with Crippen molar-refractivity contribution in [3.63, 3.8) is 0 Å². The van der Waals surface area contributed by atoms with Gasteiger partial charge in [-0.3, -0.25) is 19.3 Å². The topological polar surface area (TPSA) is 66.5 Å². The van der Waals surface area contributed by atoms with Gasteiger partial charge in [-0.1, -0.05) is 23.8 Å². The molecule has 4 rings (SSSR count). The zero-order chi connectivity index (χ0) is 17.9. The molecule has 0 radical (unpaired) electrons. The van der Waals surface area contributed by atoms with Crippen LogP contribution in [0.4, 0.5) is 5.69 Å². The number of allylic oxidation sites excluding steroid dienone is 2. The van der Waals surface area contributed by atoms with E-state index in [1.54, 1.807) is 12.1 Å². The third-order valence-electron chi connectivity index (χ3n) is 5.40. The number of anilines is 1. The van der Waals surface area contributed by atoms with Gasteiger partial charge in [-0.05, 0) is 58.8 Å². The number of carbonyl (C=O) groups excluding carboxylic acids is 3. The number of hydrogen-bond donors (Lipinski definition) is 1. The fraction of sp³-hybridized carbons (Fsp3) is 0.389. The Morgan fingerprint density at radius 3 is 2.44 bits per heavy atom. The first-order valence-corrected chi connectivity index (χ1v) is 9.33. The van der Waals surface area contributed by atoms with Crippen molar-refractivity contribution < 1.29 is 14.4 Å². The fourth-order valence-electron chi connectivity index (χ4n) is 4.23. The highest BCUT2D eigenvalue weighted by atomic mass is 79.9. The number of amides is 3. The zero-order valence-corrected chi connectivity index (χ0v) is 15.8. The van der Waals surface area contributed by atoms with Gasteiger partial charge in [0.05, 0.1) is 16.9 Å². The molecule has 7 heteroatoms. The normalized spacial score (nSPS) is 29.5. The van der Waals surface area contributed by atoms with Crippen LogP contribution in [-0.2, 0) is 14.4 Å². The Balaban J connectivity index is 1.48. The molecule has 1 aromatic rings. The molecular formula is C18H16BrClN2O3. The number of hydrogen-bond acceptors (Lipinski definition) is 3. The van der Waals surface area contributed by atoms with E-state index in [0.717, 1.165) is 21.4 Å². The summed E-state index contributed by atoms with van der Waals surface area (Å²) in [5.41, 5.74) is 1.40. The van der Waals surface area contributed by atoms with Crippen molar-refractivity contribution in [2.24, 2.45) is 23.7 Å². The van der Waals surface area contributed by atoms with E-state index in [1.807, 2.05) is 19.1 Å². The lowest BCUT2D eigenvalue weighted by Crippen LogP contribution is -2.39. The number of imide groups is 1. The van der Waals surface area contributed by atoms with E-state index in [1.165, 1.54) is 0 Å². The standard InChI is InChI=1S/C18H16BrClN2O3/c1-8-4-11(19)12(20)6-13(8)21-14(23)7-22-17(24)15-9-2-3-10(5-9)16(15)18(22)25/h2-4,6,9-10,15-16H,5,7H2,1H3,(H,21,23)/t9-,10-,15+,16+/m0/s1. The van der Waals surface area contributed by atoms with Crippen LogP contribution in [-0.4, -0.2) is 29.2 Å². The second-order valence-corrected chi connectivity index (χ2v) is 8.15. The van der Waals surface area contributed by atoms with E-state index in [-0.39, 0.29) is 42.0 Å². The quantitative estimate of drug-likeness (QED) is 0.600. The Hall–Kier alpha value is -1.66. The van der Waals surface area contributed by atoms with Gasteiger partial charge in [0.2, 0.25) is 17.7 Å². The van der Waals surface area contributed by atoms with Gasteiger partial charge in [-0.25, -0.2) is 0 Å². The van der Waals surface area contributed by atoms with Crippen LogP contribution in [0.15, 0.2) is 28.8 Å². The molecule has 1 N–H and O–H groups in total. The number of fused-ring (bicyclic) bond motifs is 5. The SMILES string of the molecule is Cc1cc(Br)c(Cl)cc1NC(=O)CN1C(=O)[C@H]2[C@H](C1=O)[C@H]1C=C[C@H]2C1. The Labute approximate surface area is 158 Å². The highest BCUT2D eigenvalue weighted by molar-refractivity contribution is 9.10. The molecule has 1 aromatic carbocycles. The maximum atomic E-state index is 12.6. The van der Waals surface area contributed by atoms with Crippen LogP contribution in [0.2, 0.25) is 5.02 Å². The van der Waals surface area contributed by atoms with Gasteiger partial charge < -0.3 is 5.32 Å². The van der Waals surface area contributed by atoms with Crippen molar-refractivity contribution in [2.45, 2.75) is 13.3 Å². The molecule has 2 aliphatic carbocycles. The molecule has 4 atom stereocenters. The van der Waals surface area contributed by atoms with Gasteiger partial charge in [0, 0.05) is 10.2 Å². The molecule has 3 aliphatic rings. The lowest BCUT2D eigenvalue weighted by Gasteiger charge is -2.17. The van der Waals surface area contributed by atoms with Crippen molar-refractivity contribution in [1.29, 1.82) is 0 Å². The molecule has 0 spiro atoms. The molecule has 25 heavy (non-hydrogen) atoms.